The van der Waals surface area contributed by atoms with Crippen LogP contribution in [0.1, 0.15) is 38.2 Å². The average Bonchev–Trinajstić information content (AvgIpc) is 3.55. The molecule has 2 N–H and O–H groups in total. The molecule has 5 rings (SSSR count). The van der Waals surface area contributed by atoms with Gasteiger partial charge in [-0.25, -0.2) is 0 Å². The van der Waals surface area contributed by atoms with E-state index in [2.05, 4.69) is 30.2 Å². The Kier molecular flexibility index (Phi) is 5.79. The predicted octanol–water partition coefficient (Wildman–Crippen LogP) is 4.92. The van der Waals surface area contributed by atoms with Crippen LogP contribution in [0.15, 0.2) is 36.4 Å². The average molecular weight is 449 g/mol. The van der Waals surface area contributed by atoms with Gasteiger partial charge in [0.2, 0.25) is 0 Å². The monoisotopic (exact) mass is 448 g/mol. The van der Waals surface area contributed by atoms with E-state index in [1.807, 2.05) is 30.3 Å². The van der Waals surface area contributed by atoms with Gasteiger partial charge in [0.15, 0.2) is 17.3 Å². The van der Waals surface area contributed by atoms with E-state index in [9.17, 15) is 4.79 Å². The summed E-state index contributed by atoms with van der Waals surface area (Å²) < 4.78 is 16.9. The summed E-state index contributed by atoms with van der Waals surface area (Å²) in [7, 11) is 3.29. The normalized spacial score (nSPS) is 21.7. The van der Waals surface area contributed by atoms with Gasteiger partial charge in [-0.1, -0.05) is 13.8 Å². The number of carbonyl (C=O) groups excluding carboxylic acids is 1. The number of H-pyrrole nitrogens is 1. The lowest BCUT2D eigenvalue weighted by molar-refractivity contribution is -0.126. The van der Waals surface area contributed by atoms with Gasteiger partial charge in [0.25, 0.3) is 0 Å². The molecule has 2 bridgehead atoms. The Morgan fingerprint density at radius 1 is 1.06 bits per heavy atom. The molecular formula is C27H32N2O4. The van der Waals surface area contributed by atoms with E-state index in [0.717, 1.165) is 47.3 Å². The number of ketones is 1. The summed E-state index contributed by atoms with van der Waals surface area (Å²) >= 11 is 0. The second-order valence-electron chi connectivity index (χ2n) is 9.54. The molecule has 1 aliphatic heterocycles. The van der Waals surface area contributed by atoms with Crippen molar-refractivity contribution in [2.24, 2.45) is 11.8 Å². The fraction of sp³-hybridized carbons (Fsp3) is 0.444. The maximum atomic E-state index is 12.8. The van der Waals surface area contributed by atoms with Gasteiger partial charge in [-0.3, -0.25) is 4.79 Å². The number of aromatic amines is 1. The minimum Gasteiger partial charge on any atom is -0.493 e. The molecule has 1 saturated carbocycles. The van der Waals surface area contributed by atoms with Gasteiger partial charge in [0.1, 0.15) is 12.4 Å². The molecule has 1 aromatic heterocycles. The first-order valence-electron chi connectivity index (χ1n) is 11.8. The Labute approximate surface area is 194 Å². The molecule has 2 aliphatic rings. The molecule has 6 heteroatoms. The van der Waals surface area contributed by atoms with Gasteiger partial charge < -0.3 is 24.5 Å². The van der Waals surface area contributed by atoms with E-state index < -0.39 is 0 Å². The van der Waals surface area contributed by atoms with Crippen LogP contribution in [0, 0.1) is 11.8 Å². The lowest BCUT2D eigenvalue weighted by Gasteiger charge is -2.21. The first-order valence-corrected chi connectivity index (χ1v) is 11.8. The van der Waals surface area contributed by atoms with Crippen molar-refractivity contribution in [3.63, 3.8) is 0 Å². The van der Waals surface area contributed by atoms with Gasteiger partial charge in [0, 0.05) is 28.4 Å². The number of ether oxygens (including phenoxy) is 3. The molecule has 1 saturated heterocycles. The number of hydrogen-bond acceptors (Lipinski definition) is 5. The Balaban J connectivity index is 1.42. The van der Waals surface area contributed by atoms with Gasteiger partial charge in [-0.2, -0.15) is 0 Å². The first kappa shape index (κ1) is 21.8. The third-order valence-corrected chi connectivity index (χ3v) is 7.22. The number of rotatable bonds is 8. The number of fused-ring (bicyclic) bond motifs is 3. The van der Waals surface area contributed by atoms with Crippen molar-refractivity contribution in [3.8, 4) is 28.5 Å². The quantitative estimate of drug-likeness (QED) is 0.512. The lowest BCUT2D eigenvalue weighted by atomic mass is 9.91. The van der Waals surface area contributed by atoms with E-state index in [4.69, 9.17) is 14.2 Å². The summed E-state index contributed by atoms with van der Waals surface area (Å²) in [5.41, 5.74) is 4.35. The van der Waals surface area contributed by atoms with Gasteiger partial charge in [0.05, 0.1) is 19.9 Å². The molecule has 3 unspecified atom stereocenters. The molecule has 33 heavy (non-hydrogen) atoms. The highest BCUT2D eigenvalue weighted by atomic mass is 16.5. The first-order chi connectivity index (χ1) is 16.0. The number of Topliss-reactive ketones (excluding diaryl/α,β-unsaturated/α-hetero) is 1. The van der Waals surface area contributed by atoms with Crippen LogP contribution in [0.4, 0.5) is 0 Å². The van der Waals surface area contributed by atoms with Crippen LogP contribution >= 0.6 is 0 Å². The number of hydrogen-bond donors (Lipinski definition) is 2. The topological polar surface area (TPSA) is 72.6 Å². The Hall–Kier alpha value is -2.99. The number of aromatic nitrogens is 1. The molecule has 0 spiro atoms. The zero-order chi connectivity index (χ0) is 23.1. The van der Waals surface area contributed by atoms with Crippen molar-refractivity contribution >= 4 is 16.7 Å². The van der Waals surface area contributed by atoms with Crippen molar-refractivity contribution in [1.82, 2.24) is 10.3 Å². The third-order valence-electron chi connectivity index (χ3n) is 7.22. The summed E-state index contributed by atoms with van der Waals surface area (Å²) in [5, 5.41) is 4.58. The van der Waals surface area contributed by atoms with Crippen LogP contribution in [0.25, 0.3) is 22.2 Å². The number of nitrogens with one attached hydrogen (secondary N) is 2. The largest absolute Gasteiger partial charge is 0.493 e. The van der Waals surface area contributed by atoms with Crippen LogP contribution in [-0.2, 0) is 4.79 Å². The Bertz CT molecular complexity index is 1180. The molecule has 2 heterocycles. The highest BCUT2D eigenvalue weighted by Gasteiger charge is 2.42. The number of benzene rings is 2. The summed E-state index contributed by atoms with van der Waals surface area (Å²) in [5.74, 6) is 3.28. The molecule has 1 aliphatic carbocycles. The molecule has 0 radical (unpaired) electrons. The van der Waals surface area contributed by atoms with Crippen LogP contribution in [0.5, 0.6) is 17.2 Å². The van der Waals surface area contributed by atoms with Gasteiger partial charge in [-0.05, 0) is 73.2 Å². The van der Waals surface area contributed by atoms with Crippen LogP contribution in [0.3, 0.4) is 0 Å². The second-order valence-corrected chi connectivity index (χ2v) is 9.54. The molecule has 174 valence electrons. The van der Waals surface area contributed by atoms with Gasteiger partial charge >= 0.3 is 0 Å². The molecule has 6 nitrogen and oxygen atoms in total. The Morgan fingerprint density at radius 2 is 1.88 bits per heavy atom. The number of methoxy groups -OCH3 is 2. The zero-order valence-corrected chi connectivity index (χ0v) is 19.7. The van der Waals surface area contributed by atoms with Crippen LogP contribution in [0.2, 0.25) is 0 Å². The number of carbonyl (C=O) groups is 1. The maximum Gasteiger partial charge on any atom is 0.173 e. The molecule has 3 aromatic rings. The summed E-state index contributed by atoms with van der Waals surface area (Å²) in [6.45, 7) is 5.48. The zero-order valence-electron chi connectivity index (χ0n) is 19.7. The SMILES string of the molecule is COc1ccc(-c2[nH]c3ccc(OCC(=O)C4CC5CC4CN5)cc3c2C(C)C)cc1OC. The Morgan fingerprint density at radius 3 is 2.55 bits per heavy atom. The second kappa shape index (κ2) is 8.75. The van der Waals surface area contributed by atoms with Crippen molar-refractivity contribution in [1.29, 1.82) is 0 Å². The van der Waals surface area contributed by atoms with Crippen molar-refractivity contribution in [2.45, 2.75) is 38.6 Å². The van der Waals surface area contributed by atoms with E-state index in [-0.39, 0.29) is 18.3 Å². The fourth-order valence-electron chi connectivity index (χ4n) is 5.59. The summed E-state index contributed by atoms with van der Waals surface area (Å²) in [6, 6.07) is 12.5. The molecule has 2 fully saturated rings. The third kappa shape index (κ3) is 3.97. The minimum absolute atomic E-state index is 0.142. The predicted molar refractivity (Wildman–Crippen MR) is 129 cm³/mol. The molecule has 2 aromatic carbocycles. The van der Waals surface area contributed by atoms with Crippen molar-refractivity contribution < 1.29 is 19.0 Å². The van der Waals surface area contributed by atoms with Gasteiger partial charge in [-0.15, -0.1) is 0 Å². The highest BCUT2D eigenvalue weighted by Crippen LogP contribution is 2.40. The van der Waals surface area contributed by atoms with Crippen LogP contribution < -0.4 is 19.5 Å². The maximum absolute atomic E-state index is 12.8. The minimum atomic E-state index is 0.142. The highest BCUT2D eigenvalue weighted by molar-refractivity contribution is 5.92. The van der Waals surface area contributed by atoms with E-state index >= 15 is 0 Å². The standard InChI is InChI=1S/C27H32N2O4/c1-15(2)26-21-12-19(33-14-23(30)20-11-18-9-17(20)13-28-18)6-7-22(21)29-27(26)16-5-8-24(31-3)25(10-16)32-4/h5-8,10,12,15,17-18,20,28-29H,9,11,13-14H2,1-4H3. The molecular weight excluding hydrogens is 416 g/mol. The lowest BCUT2D eigenvalue weighted by Crippen LogP contribution is -2.35. The molecule has 0 amide bonds. The van der Waals surface area contributed by atoms with Crippen molar-refractivity contribution in [3.05, 3.63) is 42.0 Å². The van der Waals surface area contributed by atoms with E-state index in [1.165, 1.54) is 5.56 Å². The van der Waals surface area contributed by atoms with E-state index in [0.29, 0.717) is 29.4 Å². The summed E-state index contributed by atoms with van der Waals surface area (Å²) in [6.07, 6.45) is 2.08. The number of piperidine rings is 1. The van der Waals surface area contributed by atoms with E-state index in [1.54, 1.807) is 14.2 Å². The van der Waals surface area contributed by atoms with Crippen molar-refractivity contribution in [2.75, 3.05) is 27.4 Å². The fourth-order valence-corrected chi connectivity index (χ4v) is 5.59. The summed E-state index contributed by atoms with van der Waals surface area (Å²) in [4.78, 5) is 16.3. The smallest absolute Gasteiger partial charge is 0.173 e. The molecule has 3 atom stereocenters. The van der Waals surface area contributed by atoms with Crippen LogP contribution in [-0.4, -0.2) is 44.2 Å².